The van der Waals surface area contributed by atoms with Crippen LogP contribution in [0.5, 0.6) is 5.75 Å². The van der Waals surface area contributed by atoms with E-state index in [1.54, 1.807) is 11.3 Å². The topological polar surface area (TPSA) is 77.0 Å². The van der Waals surface area contributed by atoms with E-state index < -0.39 is 0 Å². The summed E-state index contributed by atoms with van der Waals surface area (Å²) in [5, 5.41) is 13.7. The van der Waals surface area contributed by atoms with E-state index >= 15 is 0 Å². The molecule has 0 unspecified atom stereocenters. The second-order valence-corrected chi connectivity index (χ2v) is 9.51. The minimum atomic E-state index is -0.222. The van der Waals surface area contributed by atoms with Gasteiger partial charge in [0, 0.05) is 11.1 Å². The van der Waals surface area contributed by atoms with Crippen LogP contribution in [0.2, 0.25) is 0 Å². The Labute approximate surface area is 172 Å². The van der Waals surface area contributed by atoms with Crippen LogP contribution in [-0.2, 0) is 0 Å². The summed E-state index contributed by atoms with van der Waals surface area (Å²) < 4.78 is 6.07. The lowest BCUT2D eigenvalue weighted by Crippen LogP contribution is -2.27. The SMILES string of the molecule is Cc1cnc(-c2c(OCC3CC3)cccc2C(=O)N[C@H](C)c2nnc(C)s2)s1. The van der Waals surface area contributed by atoms with Gasteiger partial charge in [0.1, 0.15) is 20.8 Å². The molecule has 0 spiro atoms. The molecule has 0 saturated heterocycles. The first-order valence-electron chi connectivity index (χ1n) is 9.30. The molecule has 1 aliphatic carbocycles. The fraction of sp³-hybridized carbons (Fsp3) is 0.400. The number of thiazole rings is 1. The van der Waals surface area contributed by atoms with Gasteiger partial charge < -0.3 is 10.1 Å². The van der Waals surface area contributed by atoms with E-state index in [1.165, 1.54) is 24.2 Å². The number of nitrogens with zero attached hydrogens (tertiary/aromatic N) is 3. The molecule has 8 heteroatoms. The molecule has 1 aliphatic rings. The van der Waals surface area contributed by atoms with Gasteiger partial charge in [0.05, 0.1) is 23.8 Å². The molecule has 28 heavy (non-hydrogen) atoms. The normalized spacial score (nSPS) is 14.7. The van der Waals surface area contributed by atoms with Gasteiger partial charge in [-0.2, -0.15) is 0 Å². The molecule has 1 atom stereocenters. The van der Waals surface area contributed by atoms with Crippen LogP contribution < -0.4 is 10.1 Å². The smallest absolute Gasteiger partial charge is 0.252 e. The van der Waals surface area contributed by atoms with Crippen LogP contribution in [0.15, 0.2) is 24.4 Å². The zero-order chi connectivity index (χ0) is 19.7. The Morgan fingerprint density at radius 1 is 1.29 bits per heavy atom. The van der Waals surface area contributed by atoms with Crippen LogP contribution in [0.3, 0.4) is 0 Å². The van der Waals surface area contributed by atoms with Crippen molar-refractivity contribution in [3.05, 3.63) is 44.9 Å². The van der Waals surface area contributed by atoms with E-state index in [9.17, 15) is 4.79 Å². The van der Waals surface area contributed by atoms with Crippen molar-refractivity contribution in [3.63, 3.8) is 0 Å². The highest BCUT2D eigenvalue weighted by molar-refractivity contribution is 7.15. The monoisotopic (exact) mass is 414 g/mol. The first-order valence-corrected chi connectivity index (χ1v) is 10.9. The summed E-state index contributed by atoms with van der Waals surface area (Å²) in [5.41, 5.74) is 1.33. The van der Waals surface area contributed by atoms with E-state index in [2.05, 4.69) is 20.5 Å². The number of aromatic nitrogens is 3. The Kier molecular flexibility index (Phi) is 5.41. The number of aryl methyl sites for hydroxylation is 2. The molecule has 1 N–H and O–H groups in total. The van der Waals surface area contributed by atoms with Crippen LogP contribution >= 0.6 is 22.7 Å². The van der Waals surface area contributed by atoms with Crippen LogP contribution in [0.1, 0.15) is 51.1 Å². The summed E-state index contributed by atoms with van der Waals surface area (Å²) in [6.45, 7) is 6.51. The standard InChI is InChI=1S/C20H22N4O2S2/c1-11-9-21-20(27-11)17-15(5-4-6-16(17)26-10-14-7-8-14)18(25)22-12(2)19-24-23-13(3)28-19/h4-6,9,12,14H,7-8,10H2,1-3H3,(H,22,25)/t12-/m1/s1. The Morgan fingerprint density at radius 2 is 2.11 bits per heavy atom. The van der Waals surface area contributed by atoms with Crippen LogP contribution in [0.4, 0.5) is 0 Å². The molecule has 2 aromatic heterocycles. The Morgan fingerprint density at radius 3 is 2.75 bits per heavy atom. The first-order chi connectivity index (χ1) is 13.5. The van der Waals surface area contributed by atoms with E-state index in [-0.39, 0.29) is 11.9 Å². The predicted molar refractivity (Wildman–Crippen MR) is 111 cm³/mol. The van der Waals surface area contributed by atoms with Gasteiger partial charge in [0.25, 0.3) is 5.91 Å². The molecule has 3 aromatic rings. The zero-order valence-corrected chi connectivity index (χ0v) is 17.7. The average molecular weight is 415 g/mol. The van der Waals surface area contributed by atoms with Crippen molar-refractivity contribution in [3.8, 4) is 16.3 Å². The molecule has 2 heterocycles. The molecule has 1 amide bonds. The third-order valence-corrected chi connectivity index (χ3v) is 6.49. The summed E-state index contributed by atoms with van der Waals surface area (Å²) >= 11 is 3.05. The molecule has 0 bridgehead atoms. The Bertz CT molecular complexity index is 994. The summed E-state index contributed by atoms with van der Waals surface area (Å²) in [7, 11) is 0. The Hall–Kier alpha value is -2.32. The van der Waals surface area contributed by atoms with Crippen molar-refractivity contribution in [2.75, 3.05) is 6.61 Å². The molecule has 4 rings (SSSR count). The van der Waals surface area contributed by atoms with Crippen LogP contribution in [0, 0.1) is 19.8 Å². The van der Waals surface area contributed by atoms with Crippen molar-refractivity contribution in [1.29, 1.82) is 0 Å². The molecule has 1 aromatic carbocycles. The first kappa shape index (κ1) is 19.0. The highest BCUT2D eigenvalue weighted by Gasteiger charge is 2.25. The molecular weight excluding hydrogens is 392 g/mol. The van der Waals surface area contributed by atoms with Crippen molar-refractivity contribution in [2.24, 2.45) is 5.92 Å². The molecule has 146 valence electrons. The van der Waals surface area contributed by atoms with Crippen molar-refractivity contribution < 1.29 is 9.53 Å². The number of hydrogen-bond donors (Lipinski definition) is 1. The molecule has 6 nitrogen and oxygen atoms in total. The van der Waals surface area contributed by atoms with Crippen molar-refractivity contribution in [2.45, 2.75) is 39.7 Å². The maximum absolute atomic E-state index is 13.1. The van der Waals surface area contributed by atoms with Crippen molar-refractivity contribution >= 4 is 28.6 Å². The molecule has 0 aliphatic heterocycles. The fourth-order valence-electron chi connectivity index (χ4n) is 2.85. The van der Waals surface area contributed by atoms with E-state index in [4.69, 9.17) is 4.74 Å². The third kappa shape index (κ3) is 4.23. The minimum Gasteiger partial charge on any atom is -0.493 e. The number of nitrogens with one attached hydrogen (secondary N) is 1. The van der Waals surface area contributed by atoms with Gasteiger partial charge in [-0.1, -0.05) is 17.4 Å². The van der Waals surface area contributed by atoms with Gasteiger partial charge in [0.15, 0.2) is 0 Å². The quantitative estimate of drug-likeness (QED) is 0.613. The molecule has 1 fully saturated rings. The predicted octanol–water partition coefficient (Wildman–Crippen LogP) is 4.56. The summed E-state index contributed by atoms with van der Waals surface area (Å²) in [5.74, 6) is 1.18. The van der Waals surface area contributed by atoms with E-state index in [0.717, 1.165) is 25.5 Å². The van der Waals surface area contributed by atoms with Gasteiger partial charge >= 0.3 is 0 Å². The zero-order valence-electron chi connectivity index (χ0n) is 16.1. The number of hydrogen-bond acceptors (Lipinski definition) is 7. The largest absolute Gasteiger partial charge is 0.493 e. The highest BCUT2D eigenvalue weighted by Crippen LogP contribution is 2.38. The summed E-state index contributed by atoms with van der Waals surface area (Å²) in [6, 6.07) is 5.38. The number of benzene rings is 1. The molecule has 0 radical (unpaired) electrons. The van der Waals surface area contributed by atoms with Crippen molar-refractivity contribution in [1.82, 2.24) is 20.5 Å². The average Bonchev–Trinajstić information content (AvgIpc) is 3.25. The highest BCUT2D eigenvalue weighted by atomic mass is 32.1. The van der Waals surface area contributed by atoms with E-state index in [0.29, 0.717) is 23.8 Å². The van der Waals surface area contributed by atoms with Gasteiger partial charge in [-0.25, -0.2) is 4.98 Å². The van der Waals surface area contributed by atoms with E-state index in [1.807, 2.05) is 45.2 Å². The second-order valence-electron chi connectivity index (χ2n) is 7.06. The second kappa shape index (κ2) is 7.97. The maximum atomic E-state index is 13.1. The summed E-state index contributed by atoms with van der Waals surface area (Å²) in [6.07, 6.45) is 4.25. The minimum absolute atomic E-state index is 0.167. The molecular formula is C20H22N4O2S2. The van der Waals surface area contributed by atoms with Crippen LogP contribution in [-0.4, -0.2) is 27.7 Å². The number of carbonyl (C=O) groups is 1. The number of ether oxygens (including phenoxy) is 1. The third-order valence-electron chi connectivity index (χ3n) is 4.54. The van der Waals surface area contributed by atoms with Gasteiger partial charge in [-0.15, -0.1) is 21.5 Å². The lowest BCUT2D eigenvalue weighted by molar-refractivity contribution is 0.0940. The summed E-state index contributed by atoms with van der Waals surface area (Å²) in [4.78, 5) is 18.7. The van der Waals surface area contributed by atoms with Gasteiger partial charge in [-0.05, 0) is 51.7 Å². The fourth-order valence-corrected chi connectivity index (χ4v) is 4.38. The van der Waals surface area contributed by atoms with Crippen LogP contribution in [0.25, 0.3) is 10.6 Å². The lowest BCUT2D eigenvalue weighted by Gasteiger charge is -2.16. The number of amides is 1. The lowest BCUT2D eigenvalue weighted by atomic mass is 10.1. The molecule has 1 saturated carbocycles. The maximum Gasteiger partial charge on any atom is 0.252 e. The number of carbonyl (C=O) groups excluding carboxylic acids is 1. The number of rotatable bonds is 7. The Balaban J connectivity index is 1.64. The van der Waals surface area contributed by atoms with Gasteiger partial charge in [-0.3, -0.25) is 4.79 Å². The van der Waals surface area contributed by atoms with Gasteiger partial charge in [0.2, 0.25) is 0 Å².